The van der Waals surface area contributed by atoms with Crippen LogP contribution in [-0.2, 0) is 21.4 Å². The molecule has 0 aromatic heterocycles. The first kappa shape index (κ1) is 17.5. The third-order valence-electron chi connectivity index (χ3n) is 4.26. The SMILES string of the molecule is COc1cccc2c1C(N=C1Nc3ccc(NS(C)(=O)=O)cc3CO1)CO2. The Kier molecular flexibility index (Phi) is 4.31. The van der Waals surface area contributed by atoms with Crippen molar-refractivity contribution in [3.8, 4) is 11.5 Å². The van der Waals surface area contributed by atoms with Crippen molar-refractivity contribution in [2.75, 3.05) is 30.0 Å². The Balaban J connectivity index is 1.56. The van der Waals surface area contributed by atoms with E-state index in [-0.39, 0.29) is 12.6 Å². The summed E-state index contributed by atoms with van der Waals surface area (Å²) in [5.74, 6) is 1.49. The summed E-state index contributed by atoms with van der Waals surface area (Å²) in [5, 5.41) is 3.14. The summed E-state index contributed by atoms with van der Waals surface area (Å²) < 4.78 is 42.0. The minimum absolute atomic E-state index is 0.230. The number of fused-ring (bicyclic) bond motifs is 2. The van der Waals surface area contributed by atoms with E-state index in [0.29, 0.717) is 18.3 Å². The number of nitrogens with one attached hydrogen (secondary N) is 2. The minimum Gasteiger partial charge on any atom is -0.496 e. The highest BCUT2D eigenvalue weighted by molar-refractivity contribution is 7.92. The number of rotatable bonds is 4. The molecule has 0 fully saturated rings. The Labute approximate surface area is 157 Å². The summed E-state index contributed by atoms with van der Waals surface area (Å²) in [6.45, 7) is 0.696. The molecule has 0 radical (unpaired) electrons. The Morgan fingerprint density at radius 1 is 1.26 bits per heavy atom. The molecular formula is C18H19N3O5S. The molecule has 2 N–H and O–H groups in total. The van der Waals surface area contributed by atoms with Gasteiger partial charge >= 0.3 is 0 Å². The lowest BCUT2D eigenvalue weighted by Gasteiger charge is -2.22. The fourth-order valence-electron chi connectivity index (χ4n) is 3.13. The van der Waals surface area contributed by atoms with E-state index in [1.165, 1.54) is 0 Å². The molecule has 0 aliphatic carbocycles. The van der Waals surface area contributed by atoms with Gasteiger partial charge in [-0.3, -0.25) is 4.72 Å². The highest BCUT2D eigenvalue weighted by atomic mass is 32.2. The van der Waals surface area contributed by atoms with Gasteiger partial charge in [0.25, 0.3) is 6.02 Å². The number of hydrogen-bond acceptors (Lipinski definition) is 6. The van der Waals surface area contributed by atoms with Gasteiger partial charge in [0.15, 0.2) is 0 Å². The van der Waals surface area contributed by atoms with Crippen LogP contribution in [0.25, 0.3) is 0 Å². The van der Waals surface area contributed by atoms with Crippen molar-refractivity contribution in [3.05, 3.63) is 47.5 Å². The predicted octanol–water partition coefficient (Wildman–Crippen LogP) is 2.50. The molecule has 4 rings (SSSR count). The normalized spacial score (nSPS) is 19.3. The average molecular weight is 389 g/mol. The van der Waals surface area contributed by atoms with Gasteiger partial charge in [-0.2, -0.15) is 0 Å². The van der Waals surface area contributed by atoms with Crippen molar-refractivity contribution >= 4 is 27.4 Å². The van der Waals surface area contributed by atoms with E-state index in [9.17, 15) is 8.42 Å². The zero-order chi connectivity index (χ0) is 19.0. The van der Waals surface area contributed by atoms with Crippen LogP contribution in [0.1, 0.15) is 17.2 Å². The van der Waals surface area contributed by atoms with E-state index >= 15 is 0 Å². The molecule has 0 amide bonds. The molecule has 0 saturated heterocycles. The summed E-state index contributed by atoms with van der Waals surface area (Å²) in [6, 6.07) is 11.0. The highest BCUT2D eigenvalue weighted by Crippen LogP contribution is 2.41. The van der Waals surface area contributed by atoms with Crippen LogP contribution in [0.4, 0.5) is 11.4 Å². The van der Waals surface area contributed by atoms with E-state index in [4.69, 9.17) is 14.2 Å². The zero-order valence-electron chi connectivity index (χ0n) is 14.9. The van der Waals surface area contributed by atoms with Crippen LogP contribution in [0.3, 0.4) is 0 Å². The van der Waals surface area contributed by atoms with Gasteiger partial charge in [0.05, 0.1) is 18.9 Å². The summed E-state index contributed by atoms with van der Waals surface area (Å²) >= 11 is 0. The van der Waals surface area contributed by atoms with E-state index < -0.39 is 10.0 Å². The maximum absolute atomic E-state index is 11.4. The first-order chi connectivity index (χ1) is 12.9. The lowest BCUT2D eigenvalue weighted by Crippen LogP contribution is -2.24. The zero-order valence-corrected chi connectivity index (χ0v) is 15.7. The van der Waals surface area contributed by atoms with Crippen molar-refractivity contribution in [1.82, 2.24) is 0 Å². The molecule has 2 heterocycles. The van der Waals surface area contributed by atoms with E-state index in [2.05, 4.69) is 15.0 Å². The van der Waals surface area contributed by atoms with Gasteiger partial charge in [0.2, 0.25) is 10.0 Å². The topological polar surface area (TPSA) is 98.2 Å². The van der Waals surface area contributed by atoms with E-state index in [1.54, 1.807) is 25.3 Å². The van der Waals surface area contributed by atoms with Crippen molar-refractivity contribution in [1.29, 1.82) is 0 Å². The molecule has 2 aromatic carbocycles. The van der Waals surface area contributed by atoms with Crippen molar-refractivity contribution in [2.45, 2.75) is 12.6 Å². The quantitative estimate of drug-likeness (QED) is 0.834. The molecule has 1 atom stereocenters. The molecule has 0 bridgehead atoms. The van der Waals surface area contributed by atoms with Gasteiger partial charge < -0.3 is 19.5 Å². The molecule has 0 saturated carbocycles. The molecule has 9 heteroatoms. The molecule has 2 aliphatic rings. The number of aliphatic imine (C=N–C) groups is 1. The summed E-state index contributed by atoms with van der Waals surface area (Å²) in [4.78, 5) is 4.63. The number of hydrogen-bond donors (Lipinski definition) is 2. The van der Waals surface area contributed by atoms with Gasteiger partial charge in [-0.25, -0.2) is 13.4 Å². The monoisotopic (exact) mass is 389 g/mol. The summed E-state index contributed by atoms with van der Waals surface area (Å²) in [5.41, 5.74) is 3.04. The third-order valence-corrected chi connectivity index (χ3v) is 4.87. The number of anilines is 2. The third kappa shape index (κ3) is 3.63. The second kappa shape index (κ2) is 6.66. The average Bonchev–Trinajstić information content (AvgIpc) is 3.03. The predicted molar refractivity (Wildman–Crippen MR) is 102 cm³/mol. The van der Waals surface area contributed by atoms with Crippen molar-refractivity contribution in [3.63, 3.8) is 0 Å². The molecule has 1 unspecified atom stereocenters. The standard InChI is InChI=1S/C18H19N3O5S/c1-24-15-4-3-5-16-17(15)14(10-25-16)20-18-19-13-7-6-12(21-27(2,22)23)8-11(13)9-26-18/h3-8,14,21H,9-10H2,1-2H3,(H,19,20). The first-order valence-corrected chi connectivity index (χ1v) is 10.2. The summed E-state index contributed by atoms with van der Waals surface area (Å²) in [6.07, 6.45) is 1.11. The second-order valence-corrected chi connectivity index (χ2v) is 8.04. The van der Waals surface area contributed by atoms with Gasteiger partial charge in [0.1, 0.15) is 30.8 Å². The minimum atomic E-state index is -3.33. The molecule has 142 valence electrons. The maximum Gasteiger partial charge on any atom is 0.290 e. The van der Waals surface area contributed by atoms with Crippen LogP contribution in [0.15, 0.2) is 41.4 Å². The van der Waals surface area contributed by atoms with E-state index in [0.717, 1.165) is 34.6 Å². The fourth-order valence-corrected chi connectivity index (χ4v) is 3.69. The van der Waals surface area contributed by atoms with Gasteiger partial charge in [-0.1, -0.05) is 6.07 Å². The Hall–Kier alpha value is -2.94. The number of ether oxygens (including phenoxy) is 3. The molecule has 27 heavy (non-hydrogen) atoms. The number of nitrogens with zero attached hydrogens (tertiary/aromatic N) is 1. The second-order valence-electron chi connectivity index (χ2n) is 6.29. The van der Waals surface area contributed by atoms with E-state index in [1.807, 2.05) is 18.2 Å². The highest BCUT2D eigenvalue weighted by Gasteiger charge is 2.29. The fraction of sp³-hybridized carbons (Fsp3) is 0.278. The lowest BCUT2D eigenvalue weighted by molar-refractivity contribution is 0.278. The smallest absolute Gasteiger partial charge is 0.290 e. The first-order valence-electron chi connectivity index (χ1n) is 8.31. The van der Waals surface area contributed by atoms with Crippen LogP contribution in [0.5, 0.6) is 11.5 Å². The molecular weight excluding hydrogens is 370 g/mol. The van der Waals surface area contributed by atoms with Crippen LogP contribution in [0.2, 0.25) is 0 Å². The maximum atomic E-state index is 11.4. The number of amidine groups is 1. The summed E-state index contributed by atoms with van der Waals surface area (Å²) in [7, 11) is -1.71. The Morgan fingerprint density at radius 3 is 2.89 bits per heavy atom. The largest absolute Gasteiger partial charge is 0.496 e. The van der Waals surface area contributed by atoms with Crippen LogP contribution >= 0.6 is 0 Å². The molecule has 0 spiro atoms. The van der Waals surface area contributed by atoms with Gasteiger partial charge in [-0.15, -0.1) is 0 Å². The number of sulfonamides is 1. The van der Waals surface area contributed by atoms with Crippen LogP contribution < -0.4 is 19.5 Å². The molecule has 2 aliphatic heterocycles. The van der Waals surface area contributed by atoms with Crippen molar-refractivity contribution < 1.29 is 22.6 Å². The van der Waals surface area contributed by atoms with Crippen molar-refractivity contribution in [2.24, 2.45) is 4.99 Å². The number of benzene rings is 2. The van der Waals surface area contributed by atoms with Gasteiger partial charge in [0, 0.05) is 16.9 Å². The van der Waals surface area contributed by atoms with Crippen LogP contribution in [0, 0.1) is 0 Å². The van der Waals surface area contributed by atoms with Crippen LogP contribution in [-0.4, -0.2) is 34.4 Å². The molecule has 8 nitrogen and oxygen atoms in total. The van der Waals surface area contributed by atoms with Gasteiger partial charge in [-0.05, 0) is 30.3 Å². The lowest BCUT2D eigenvalue weighted by atomic mass is 10.1. The molecule has 2 aromatic rings. The Bertz CT molecular complexity index is 1020. The number of methoxy groups -OCH3 is 1. The Morgan fingerprint density at radius 2 is 2.11 bits per heavy atom.